The van der Waals surface area contributed by atoms with Crippen molar-refractivity contribution in [1.29, 1.82) is 0 Å². The Hall–Kier alpha value is -1.56. The Balaban J connectivity index is 2.94. The van der Waals surface area contributed by atoms with Crippen LogP contribution in [-0.4, -0.2) is 33.7 Å². The molecule has 1 amide bonds. The molecule has 0 aliphatic carbocycles. The van der Waals surface area contributed by atoms with Crippen molar-refractivity contribution in [3.05, 3.63) is 29.3 Å². The van der Waals surface area contributed by atoms with Crippen molar-refractivity contribution in [3.8, 4) is 0 Å². The van der Waals surface area contributed by atoms with Crippen LogP contribution in [0.1, 0.15) is 44.2 Å². The van der Waals surface area contributed by atoms with E-state index in [1.165, 1.54) is 10.6 Å². The summed E-state index contributed by atoms with van der Waals surface area (Å²) in [6.07, 6.45) is 4.03. The van der Waals surface area contributed by atoms with Gasteiger partial charge in [-0.25, -0.2) is 8.42 Å². The van der Waals surface area contributed by atoms with Crippen molar-refractivity contribution in [1.82, 2.24) is 5.32 Å². The number of nitrogens with one attached hydrogen (secondary N) is 1. The molecular formula is C17H28N2O3S. The molecule has 23 heavy (non-hydrogen) atoms. The van der Waals surface area contributed by atoms with E-state index in [-0.39, 0.29) is 18.9 Å². The van der Waals surface area contributed by atoms with Crippen LogP contribution in [-0.2, 0) is 21.2 Å². The number of nitrogens with zero attached hydrogens (tertiary/aromatic N) is 1. The van der Waals surface area contributed by atoms with Gasteiger partial charge in [0.05, 0.1) is 11.9 Å². The van der Waals surface area contributed by atoms with Gasteiger partial charge in [-0.15, -0.1) is 0 Å². The number of carbonyl (C=O) groups is 1. The number of anilines is 1. The highest BCUT2D eigenvalue weighted by atomic mass is 32.2. The van der Waals surface area contributed by atoms with Gasteiger partial charge in [0.25, 0.3) is 0 Å². The Labute approximate surface area is 140 Å². The predicted molar refractivity (Wildman–Crippen MR) is 95.3 cm³/mol. The molecule has 5 nitrogen and oxygen atoms in total. The Bertz CT molecular complexity index is 627. The molecule has 0 bridgehead atoms. The summed E-state index contributed by atoms with van der Waals surface area (Å²) in [5, 5.41) is 2.82. The fourth-order valence-corrected chi connectivity index (χ4v) is 3.52. The Morgan fingerprint density at radius 2 is 1.96 bits per heavy atom. The minimum absolute atomic E-state index is 0.112. The average Bonchev–Trinajstić information content (AvgIpc) is 2.47. The molecule has 0 unspecified atom stereocenters. The van der Waals surface area contributed by atoms with Gasteiger partial charge in [-0.2, -0.15) is 0 Å². The number of benzene rings is 1. The molecule has 0 aliphatic heterocycles. The lowest BCUT2D eigenvalue weighted by atomic mass is 10.1. The smallest absolute Gasteiger partial charge is 0.232 e. The van der Waals surface area contributed by atoms with E-state index in [1.54, 1.807) is 0 Å². The SMILES string of the molecule is CCCCNC(=O)CCN(c1c(C)cccc1CC)S(C)(=O)=O. The van der Waals surface area contributed by atoms with E-state index in [0.717, 1.165) is 30.4 Å². The van der Waals surface area contributed by atoms with Crippen molar-refractivity contribution in [2.45, 2.75) is 46.5 Å². The first-order valence-electron chi connectivity index (χ1n) is 8.14. The number of hydrogen-bond donors (Lipinski definition) is 1. The summed E-state index contributed by atoms with van der Waals surface area (Å²) < 4.78 is 25.8. The monoisotopic (exact) mass is 340 g/mol. The lowest BCUT2D eigenvalue weighted by molar-refractivity contribution is -0.120. The van der Waals surface area contributed by atoms with Gasteiger partial charge in [-0.05, 0) is 30.9 Å². The molecule has 130 valence electrons. The maximum Gasteiger partial charge on any atom is 0.232 e. The molecule has 0 spiro atoms. The van der Waals surface area contributed by atoms with Crippen LogP contribution in [0.5, 0.6) is 0 Å². The van der Waals surface area contributed by atoms with Crippen LogP contribution in [0.4, 0.5) is 5.69 Å². The molecule has 0 radical (unpaired) electrons. The molecule has 0 heterocycles. The maximum absolute atomic E-state index is 12.2. The van der Waals surface area contributed by atoms with Gasteiger partial charge in [0, 0.05) is 19.5 Å². The molecule has 0 saturated carbocycles. The van der Waals surface area contributed by atoms with Gasteiger partial charge < -0.3 is 5.32 Å². The first-order chi connectivity index (χ1) is 10.8. The minimum Gasteiger partial charge on any atom is -0.356 e. The van der Waals surface area contributed by atoms with Crippen molar-refractivity contribution >= 4 is 21.6 Å². The zero-order chi connectivity index (χ0) is 17.5. The van der Waals surface area contributed by atoms with Crippen LogP contribution in [0, 0.1) is 6.92 Å². The number of carbonyl (C=O) groups excluding carboxylic acids is 1. The summed E-state index contributed by atoms with van der Waals surface area (Å²) >= 11 is 0. The van der Waals surface area contributed by atoms with Gasteiger partial charge >= 0.3 is 0 Å². The summed E-state index contributed by atoms with van der Waals surface area (Å²) in [6, 6.07) is 5.76. The second-order valence-corrected chi connectivity index (χ2v) is 7.63. The van der Waals surface area contributed by atoms with E-state index in [9.17, 15) is 13.2 Å². The van der Waals surface area contributed by atoms with Crippen LogP contribution in [0.3, 0.4) is 0 Å². The highest BCUT2D eigenvalue weighted by Gasteiger charge is 2.22. The van der Waals surface area contributed by atoms with Crippen molar-refractivity contribution in [3.63, 3.8) is 0 Å². The van der Waals surface area contributed by atoms with E-state index >= 15 is 0 Å². The summed E-state index contributed by atoms with van der Waals surface area (Å²) in [5.41, 5.74) is 2.59. The average molecular weight is 340 g/mol. The van der Waals surface area contributed by atoms with Crippen LogP contribution < -0.4 is 9.62 Å². The largest absolute Gasteiger partial charge is 0.356 e. The number of unbranched alkanes of at least 4 members (excludes halogenated alkanes) is 1. The van der Waals surface area contributed by atoms with Crippen LogP contribution >= 0.6 is 0 Å². The van der Waals surface area contributed by atoms with Crippen LogP contribution in [0.25, 0.3) is 0 Å². The van der Waals surface area contributed by atoms with E-state index in [4.69, 9.17) is 0 Å². The minimum atomic E-state index is -3.44. The molecule has 1 rings (SSSR count). The highest BCUT2D eigenvalue weighted by Crippen LogP contribution is 2.28. The summed E-state index contributed by atoms with van der Waals surface area (Å²) in [5.74, 6) is -0.112. The fraction of sp³-hybridized carbons (Fsp3) is 0.588. The molecular weight excluding hydrogens is 312 g/mol. The number of rotatable bonds is 9. The fourth-order valence-electron chi connectivity index (χ4n) is 2.50. The molecule has 0 fully saturated rings. The lowest BCUT2D eigenvalue weighted by Crippen LogP contribution is -2.35. The van der Waals surface area contributed by atoms with E-state index < -0.39 is 10.0 Å². The first kappa shape index (κ1) is 19.5. The molecule has 1 aromatic rings. The third-order valence-electron chi connectivity index (χ3n) is 3.75. The van der Waals surface area contributed by atoms with Gasteiger partial charge in [-0.1, -0.05) is 38.5 Å². The quantitative estimate of drug-likeness (QED) is 0.703. The van der Waals surface area contributed by atoms with E-state index in [2.05, 4.69) is 12.2 Å². The summed E-state index contributed by atoms with van der Waals surface area (Å²) in [6.45, 7) is 6.75. The van der Waals surface area contributed by atoms with E-state index in [0.29, 0.717) is 12.2 Å². The normalized spacial score (nSPS) is 11.3. The molecule has 1 N–H and O–H groups in total. The second-order valence-electron chi connectivity index (χ2n) is 5.72. The predicted octanol–water partition coefficient (Wildman–Crippen LogP) is 2.63. The number of sulfonamides is 1. The number of hydrogen-bond acceptors (Lipinski definition) is 3. The molecule has 0 atom stereocenters. The molecule has 6 heteroatoms. The zero-order valence-corrected chi connectivity index (χ0v) is 15.4. The maximum atomic E-state index is 12.2. The first-order valence-corrected chi connectivity index (χ1v) is 9.99. The number of para-hydroxylation sites is 1. The summed E-state index contributed by atoms with van der Waals surface area (Å²) in [4.78, 5) is 11.9. The molecule has 0 aromatic heterocycles. The topological polar surface area (TPSA) is 66.5 Å². The Morgan fingerprint density at radius 1 is 1.26 bits per heavy atom. The highest BCUT2D eigenvalue weighted by molar-refractivity contribution is 7.92. The van der Waals surface area contributed by atoms with Crippen molar-refractivity contribution in [2.75, 3.05) is 23.7 Å². The molecule has 0 aliphatic rings. The Morgan fingerprint density at radius 3 is 2.52 bits per heavy atom. The van der Waals surface area contributed by atoms with Crippen molar-refractivity contribution in [2.24, 2.45) is 0 Å². The van der Waals surface area contributed by atoms with Gasteiger partial charge in [0.2, 0.25) is 15.9 Å². The van der Waals surface area contributed by atoms with Gasteiger partial charge in [0.15, 0.2) is 0 Å². The second kappa shape index (κ2) is 8.91. The Kier molecular flexibility index (Phi) is 7.55. The molecule has 1 aromatic carbocycles. The standard InChI is InChI=1S/C17H28N2O3S/c1-5-7-12-18-16(20)11-13-19(23(4,21)22)17-14(3)9-8-10-15(17)6-2/h8-10H,5-7,11-13H2,1-4H3,(H,18,20). The van der Waals surface area contributed by atoms with Crippen LogP contribution in [0.2, 0.25) is 0 Å². The molecule has 0 saturated heterocycles. The van der Waals surface area contributed by atoms with Gasteiger partial charge in [-0.3, -0.25) is 9.10 Å². The third kappa shape index (κ3) is 5.86. The van der Waals surface area contributed by atoms with E-state index in [1.807, 2.05) is 32.0 Å². The number of amides is 1. The zero-order valence-electron chi connectivity index (χ0n) is 14.6. The third-order valence-corrected chi connectivity index (χ3v) is 4.91. The van der Waals surface area contributed by atoms with Gasteiger partial charge in [0.1, 0.15) is 0 Å². The lowest BCUT2D eigenvalue weighted by Gasteiger charge is -2.26. The van der Waals surface area contributed by atoms with Crippen molar-refractivity contribution < 1.29 is 13.2 Å². The summed E-state index contributed by atoms with van der Waals surface area (Å²) in [7, 11) is -3.44. The van der Waals surface area contributed by atoms with Crippen LogP contribution in [0.15, 0.2) is 18.2 Å². The number of aryl methyl sites for hydroxylation is 2.